The molecule has 0 spiro atoms. The highest BCUT2D eigenvalue weighted by atomic mass is 16.3. The first-order valence-corrected chi connectivity index (χ1v) is 5.38. The van der Waals surface area contributed by atoms with E-state index in [0.717, 1.165) is 26.2 Å². The van der Waals surface area contributed by atoms with Crippen LogP contribution in [0.15, 0.2) is 0 Å². The van der Waals surface area contributed by atoms with Gasteiger partial charge in [0.25, 0.3) is 0 Å². The van der Waals surface area contributed by atoms with Crippen LogP contribution in [0.1, 0.15) is 13.8 Å². The smallest absolute Gasteiger partial charge is 0.0558 e. The van der Waals surface area contributed by atoms with Gasteiger partial charge in [0, 0.05) is 38.3 Å². The van der Waals surface area contributed by atoms with E-state index in [4.69, 9.17) is 10.2 Å². The second kappa shape index (κ2) is 5.66. The molecule has 0 aromatic rings. The van der Waals surface area contributed by atoms with Crippen molar-refractivity contribution in [2.24, 2.45) is 0 Å². The number of aliphatic hydroxyl groups is 2. The van der Waals surface area contributed by atoms with Gasteiger partial charge in [0.2, 0.25) is 0 Å². The Morgan fingerprint density at radius 1 is 0.929 bits per heavy atom. The summed E-state index contributed by atoms with van der Waals surface area (Å²) in [5.74, 6) is 0. The summed E-state index contributed by atoms with van der Waals surface area (Å²) in [5.41, 5.74) is 0. The Bertz CT molecular complexity index is 148. The number of nitrogens with zero attached hydrogens (tertiary/aromatic N) is 2. The van der Waals surface area contributed by atoms with Crippen LogP contribution in [-0.4, -0.2) is 71.5 Å². The Morgan fingerprint density at radius 3 is 1.57 bits per heavy atom. The summed E-state index contributed by atoms with van der Waals surface area (Å²) in [6.45, 7) is 8.31. The van der Waals surface area contributed by atoms with Gasteiger partial charge in [-0.2, -0.15) is 0 Å². The highest BCUT2D eigenvalue weighted by Crippen LogP contribution is 2.13. The van der Waals surface area contributed by atoms with Crippen LogP contribution in [0.25, 0.3) is 0 Å². The van der Waals surface area contributed by atoms with E-state index in [0.29, 0.717) is 12.1 Å². The standard InChI is InChI=1S/C10H22N2O2/c1-9-7-12(4-6-14)10(2)8-11(9)3-5-13/h9-10,13-14H,3-8H2,1-2H3. The number of aliphatic hydroxyl groups excluding tert-OH is 2. The molecule has 0 aromatic carbocycles. The Kier molecular flexibility index (Phi) is 4.81. The van der Waals surface area contributed by atoms with Gasteiger partial charge in [0.1, 0.15) is 0 Å². The number of hydrogen-bond acceptors (Lipinski definition) is 4. The number of hydrogen-bond donors (Lipinski definition) is 2. The third-order valence-electron chi connectivity index (χ3n) is 3.02. The fourth-order valence-electron chi connectivity index (χ4n) is 2.15. The van der Waals surface area contributed by atoms with Crippen molar-refractivity contribution < 1.29 is 10.2 Å². The quantitative estimate of drug-likeness (QED) is 0.637. The molecule has 1 aliphatic rings. The third-order valence-corrected chi connectivity index (χ3v) is 3.02. The van der Waals surface area contributed by atoms with Crippen molar-refractivity contribution in [2.75, 3.05) is 39.4 Å². The lowest BCUT2D eigenvalue weighted by Gasteiger charge is -2.43. The molecule has 2 N–H and O–H groups in total. The molecule has 1 heterocycles. The first-order chi connectivity index (χ1) is 6.69. The molecule has 2 atom stereocenters. The molecule has 2 unspecified atom stereocenters. The van der Waals surface area contributed by atoms with Gasteiger partial charge >= 0.3 is 0 Å². The summed E-state index contributed by atoms with van der Waals surface area (Å²) >= 11 is 0. The van der Waals surface area contributed by atoms with E-state index >= 15 is 0 Å². The van der Waals surface area contributed by atoms with E-state index < -0.39 is 0 Å². The van der Waals surface area contributed by atoms with Gasteiger partial charge < -0.3 is 10.2 Å². The fraction of sp³-hybridized carbons (Fsp3) is 1.00. The number of β-amino-alcohol motifs (C(OH)–C–C–N with tert-alkyl or cyclic N) is 2. The topological polar surface area (TPSA) is 46.9 Å². The van der Waals surface area contributed by atoms with Gasteiger partial charge in [-0.25, -0.2) is 0 Å². The summed E-state index contributed by atoms with van der Waals surface area (Å²) in [6.07, 6.45) is 0. The summed E-state index contributed by atoms with van der Waals surface area (Å²) in [7, 11) is 0. The van der Waals surface area contributed by atoms with E-state index in [1.807, 2.05) is 0 Å². The molecule has 14 heavy (non-hydrogen) atoms. The maximum absolute atomic E-state index is 8.90. The van der Waals surface area contributed by atoms with Gasteiger partial charge in [-0.15, -0.1) is 0 Å². The van der Waals surface area contributed by atoms with Crippen molar-refractivity contribution in [1.29, 1.82) is 0 Å². The molecule has 4 heteroatoms. The lowest BCUT2D eigenvalue weighted by Crippen LogP contribution is -2.57. The maximum Gasteiger partial charge on any atom is 0.0558 e. The van der Waals surface area contributed by atoms with Crippen LogP contribution in [0.4, 0.5) is 0 Å². The molecule has 4 nitrogen and oxygen atoms in total. The second-order valence-corrected chi connectivity index (χ2v) is 4.14. The minimum atomic E-state index is 0.233. The van der Waals surface area contributed by atoms with E-state index in [2.05, 4.69) is 23.6 Å². The van der Waals surface area contributed by atoms with Crippen LogP contribution in [-0.2, 0) is 0 Å². The van der Waals surface area contributed by atoms with E-state index in [-0.39, 0.29) is 13.2 Å². The monoisotopic (exact) mass is 202 g/mol. The first kappa shape index (κ1) is 11.9. The number of rotatable bonds is 4. The molecule has 1 aliphatic heterocycles. The summed E-state index contributed by atoms with van der Waals surface area (Å²) < 4.78 is 0. The van der Waals surface area contributed by atoms with Gasteiger partial charge in [0.05, 0.1) is 13.2 Å². The van der Waals surface area contributed by atoms with Gasteiger partial charge in [0.15, 0.2) is 0 Å². The molecule has 0 saturated carbocycles. The Balaban J connectivity index is 2.44. The minimum absolute atomic E-state index is 0.233. The predicted octanol–water partition coefficient (Wildman–Crippen LogP) is -0.634. The van der Waals surface area contributed by atoms with Crippen LogP contribution in [0.5, 0.6) is 0 Å². The lowest BCUT2D eigenvalue weighted by molar-refractivity contribution is 0.0242. The first-order valence-electron chi connectivity index (χ1n) is 5.38. The SMILES string of the molecule is CC1CN(CCO)C(C)CN1CCO. The fourth-order valence-corrected chi connectivity index (χ4v) is 2.15. The molecule has 1 rings (SSSR count). The maximum atomic E-state index is 8.90. The highest BCUT2D eigenvalue weighted by molar-refractivity contribution is 4.84. The molecule has 0 aliphatic carbocycles. The normalized spacial score (nSPS) is 30.9. The molecule has 1 fully saturated rings. The van der Waals surface area contributed by atoms with Crippen molar-refractivity contribution in [1.82, 2.24) is 9.80 Å². The van der Waals surface area contributed by atoms with E-state index in [1.165, 1.54) is 0 Å². The summed E-state index contributed by atoms with van der Waals surface area (Å²) in [6, 6.07) is 0.954. The van der Waals surface area contributed by atoms with Crippen molar-refractivity contribution >= 4 is 0 Å². The summed E-state index contributed by atoms with van der Waals surface area (Å²) in [5, 5.41) is 17.8. The zero-order valence-corrected chi connectivity index (χ0v) is 9.19. The highest BCUT2D eigenvalue weighted by Gasteiger charge is 2.27. The van der Waals surface area contributed by atoms with Crippen LogP contribution < -0.4 is 0 Å². The molecule has 84 valence electrons. The zero-order valence-electron chi connectivity index (χ0n) is 9.19. The van der Waals surface area contributed by atoms with Crippen LogP contribution in [0.2, 0.25) is 0 Å². The average molecular weight is 202 g/mol. The van der Waals surface area contributed by atoms with Crippen LogP contribution in [0.3, 0.4) is 0 Å². The third kappa shape index (κ3) is 2.92. The van der Waals surface area contributed by atoms with E-state index in [9.17, 15) is 0 Å². The molecular formula is C10H22N2O2. The molecular weight excluding hydrogens is 180 g/mol. The Labute approximate surface area is 86.1 Å². The van der Waals surface area contributed by atoms with Gasteiger partial charge in [-0.1, -0.05) is 0 Å². The largest absolute Gasteiger partial charge is 0.395 e. The van der Waals surface area contributed by atoms with Gasteiger partial charge in [-0.05, 0) is 13.8 Å². The molecule has 1 saturated heterocycles. The molecule has 0 bridgehead atoms. The van der Waals surface area contributed by atoms with Gasteiger partial charge in [-0.3, -0.25) is 9.80 Å². The molecule has 0 radical (unpaired) electrons. The lowest BCUT2D eigenvalue weighted by atomic mass is 10.1. The van der Waals surface area contributed by atoms with E-state index in [1.54, 1.807) is 0 Å². The zero-order chi connectivity index (χ0) is 10.6. The minimum Gasteiger partial charge on any atom is -0.395 e. The predicted molar refractivity (Wildman–Crippen MR) is 56.2 cm³/mol. The molecule has 0 amide bonds. The van der Waals surface area contributed by atoms with Crippen molar-refractivity contribution in [3.63, 3.8) is 0 Å². The second-order valence-electron chi connectivity index (χ2n) is 4.14. The van der Waals surface area contributed by atoms with Crippen molar-refractivity contribution in [3.05, 3.63) is 0 Å². The van der Waals surface area contributed by atoms with Crippen LogP contribution >= 0.6 is 0 Å². The molecule has 0 aromatic heterocycles. The average Bonchev–Trinajstić information content (AvgIpc) is 2.14. The van der Waals surface area contributed by atoms with Crippen LogP contribution in [0, 0.1) is 0 Å². The number of piperazine rings is 1. The van der Waals surface area contributed by atoms with Crippen molar-refractivity contribution in [3.8, 4) is 0 Å². The van der Waals surface area contributed by atoms with Crippen molar-refractivity contribution in [2.45, 2.75) is 25.9 Å². The Hall–Kier alpha value is -0.160. The Morgan fingerprint density at radius 2 is 1.29 bits per heavy atom. The summed E-state index contributed by atoms with van der Waals surface area (Å²) in [4.78, 5) is 4.61.